The van der Waals surface area contributed by atoms with Gasteiger partial charge in [0.2, 0.25) is 0 Å². The number of likely N-dealkylation sites (N-methyl/N-ethyl adjacent to an activating group) is 1. The lowest BCUT2D eigenvalue weighted by Gasteiger charge is -2.34. The van der Waals surface area contributed by atoms with Gasteiger partial charge in [-0.2, -0.15) is 0 Å². The Kier molecular flexibility index (Phi) is 1.88. The maximum absolute atomic E-state index is 2.64. The maximum atomic E-state index is 2.64. The van der Waals surface area contributed by atoms with Crippen LogP contribution >= 0.6 is 0 Å². The molecule has 0 amide bonds. The number of hydrogen-bond acceptors (Lipinski definition) is 1. The molecule has 0 saturated heterocycles. The Morgan fingerprint density at radius 2 is 2.07 bits per heavy atom. The summed E-state index contributed by atoms with van der Waals surface area (Å²) in [7, 11) is 0. The van der Waals surface area contributed by atoms with Crippen molar-refractivity contribution in [1.29, 1.82) is 0 Å². The van der Waals surface area contributed by atoms with E-state index in [4.69, 9.17) is 0 Å². The van der Waals surface area contributed by atoms with E-state index in [1.54, 1.807) is 16.7 Å². The summed E-state index contributed by atoms with van der Waals surface area (Å²) < 4.78 is 0. The van der Waals surface area contributed by atoms with Crippen LogP contribution in [-0.4, -0.2) is 18.0 Å². The Morgan fingerprint density at radius 3 is 2.86 bits per heavy atom. The molecule has 3 rings (SSSR count). The number of benzene rings is 1. The van der Waals surface area contributed by atoms with E-state index in [0.29, 0.717) is 0 Å². The van der Waals surface area contributed by atoms with Crippen molar-refractivity contribution >= 4 is 0 Å². The van der Waals surface area contributed by atoms with Gasteiger partial charge in [0.15, 0.2) is 0 Å². The van der Waals surface area contributed by atoms with Gasteiger partial charge in [-0.15, -0.1) is 0 Å². The molecule has 14 heavy (non-hydrogen) atoms. The van der Waals surface area contributed by atoms with Gasteiger partial charge in [-0.25, -0.2) is 0 Å². The standard InChI is InChI=1S/C13H17N/c1-2-14-9-8-11-5-3-4-10-6-7-12(14)13(10)11/h3-5,12H,2,6-9H2,1H3. The normalized spacial score (nSPS) is 25.1. The molecular formula is C13H17N. The number of rotatable bonds is 1. The second-order valence-corrected chi connectivity index (χ2v) is 4.42. The quantitative estimate of drug-likeness (QED) is 0.653. The molecule has 0 saturated carbocycles. The highest BCUT2D eigenvalue weighted by Gasteiger charge is 2.32. The van der Waals surface area contributed by atoms with Crippen LogP contribution in [0.3, 0.4) is 0 Å². The van der Waals surface area contributed by atoms with Crippen molar-refractivity contribution in [2.24, 2.45) is 0 Å². The lowest BCUT2D eigenvalue weighted by Crippen LogP contribution is -2.33. The van der Waals surface area contributed by atoms with Crippen LogP contribution < -0.4 is 0 Å². The third kappa shape index (κ3) is 1.05. The Balaban J connectivity index is 2.10. The monoisotopic (exact) mass is 187 g/mol. The predicted molar refractivity (Wildman–Crippen MR) is 58.5 cm³/mol. The molecular weight excluding hydrogens is 170 g/mol. The van der Waals surface area contributed by atoms with E-state index < -0.39 is 0 Å². The van der Waals surface area contributed by atoms with E-state index in [1.807, 2.05) is 0 Å². The fourth-order valence-corrected chi connectivity index (χ4v) is 3.13. The maximum Gasteiger partial charge on any atom is 0.0356 e. The van der Waals surface area contributed by atoms with Gasteiger partial charge in [-0.1, -0.05) is 25.1 Å². The third-order valence-corrected chi connectivity index (χ3v) is 3.82. The van der Waals surface area contributed by atoms with Crippen LogP contribution in [0.15, 0.2) is 18.2 Å². The Bertz CT molecular complexity index is 356. The molecule has 1 heteroatoms. The van der Waals surface area contributed by atoms with Gasteiger partial charge in [-0.05, 0) is 42.5 Å². The Morgan fingerprint density at radius 1 is 1.29 bits per heavy atom. The predicted octanol–water partition coefficient (Wildman–Crippen LogP) is 2.55. The molecule has 0 spiro atoms. The summed E-state index contributed by atoms with van der Waals surface area (Å²) in [5.74, 6) is 0. The molecule has 0 fully saturated rings. The second kappa shape index (κ2) is 3.09. The van der Waals surface area contributed by atoms with Crippen molar-refractivity contribution in [3.63, 3.8) is 0 Å². The van der Waals surface area contributed by atoms with E-state index in [9.17, 15) is 0 Å². The summed E-state index contributed by atoms with van der Waals surface area (Å²) in [6, 6.07) is 7.63. The molecule has 1 heterocycles. The second-order valence-electron chi connectivity index (χ2n) is 4.42. The van der Waals surface area contributed by atoms with E-state index >= 15 is 0 Å². The van der Waals surface area contributed by atoms with Crippen LogP contribution in [0.25, 0.3) is 0 Å². The molecule has 1 atom stereocenters. The van der Waals surface area contributed by atoms with Crippen molar-refractivity contribution in [2.45, 2.75) is 32.2 Å². The molecule has 1 unspecified atom stereocenters. The average molecular weight is 187 g/mol. The highest BCUT2D eigenvalue weighted by Crippen LogP contribution is 2.40. The minimum atomic E-state index is 0.750. The molecule has 2 aliphatic rings. The van der Waals surface area contributed by atoms with Crippen LogP contribution in [0.2, 0.25) is 0 Å². The van der Waals surface area contributed by atoms with E-state index in [-0.39, 0.29) is 0 Å². The molecule has 1 aromatic carbocycles. The zero-order valence-corrected chi connectivity index (χ0v) is 8.79. The number of nitrogens with zero attached hydrogens (tertiary/aromatic N) is 1. The molecule has 1 aliphatic heterocycles. The largest absolute Gasteiger partial charge is 0.296 e. The number of hydrogen-bond donors (Lipinski definition) is 0. The summed E-state index contributed by atoms with van der Waals surface area (Å²) in [4.78, 5) is 2.64. The van der Waals surface area contributed by atoms with Gasteiger partial charge in [0.1, 0.15) is 0 Å². The topological polar surface area (TPSA) is 3.24 Å². The van der Waals surface area contributed by atoms with Crippen LogP contribution in [0.5, 0.6) is 0 Å². The summed E-state index contributed by atoms with van der Waals surface area (Å²) in [6.07, 6.45) is 3.90. The highest BCUT2D eigenvalue weighted by atomic mass is 15.2. The van der Waals surface area contributed by atoms with E-state index in [1.165, 1.54) is 32.4 Å². The smallest absolute Gasteiger partial charge is 0.0356 e. The van der Waals surface area contributed by atoms with Crippen LogP contribution in [0.4, 0.5) is 0 Å². The van der Waals surface area contributed by atoms with Gasteiger partial charge < -0.3 is 0 Å². The van der Waals surface area contributed by atoms with Gasteiger partial charge in [0.25, 0.3) is 0 Å². The zero-order valence-electron chi connectivity index (χ0n) is 8.79. The molecule has 0 bridgehead atoms. The highest BCUT2D eigenvalue weighted by molar-refractivity contribution is 5.42. The van der Waals surface area contributed by atoms with Crippen molar-refractivity contribution in [1.82, 2.24) is 4.90 Å². The summed E-state index contributed by atoms with van der Waals surface area (Å²) in [6.45, 7) is 4.75. The fourth-order valence-electron chi connectivity index (χ4n) is 3.13. The zero-order chi connectivity index (χ0) is 9.54. The van der Waals surface area contributed by atoms with E-state index in [0.717, 1.165) is 6.04 Å². The first kappa shape index (κ1) is 8.49. The minimum Gasteiger partial charge on any atom is -0.296 e. The van der Waals surface area contributed by atoms with E-state index in [2.05, 4.69) is 30.0 Å². The van der Waals surface area contributed by atoms with Crippen molar-refractivity contribution in [3.8, 4) is 0 Å². The van der Waals surface area contributed by atoms with Crippen molar-refractivity contribution in [3.05, 3.63) is 34.9 Å². The summed E-state index contributed by atoms with van der Waals surface area (Å²) in [5.41, 5.74) is 4.92. The van der Waals surface area contributed by atoms with Gasteiger partial charge >= 0.3 is 0 Å². The van der Waals surface area contributed by atoms with Crippen LogP contribution in [-0.2, 0) is 12.8 Å². The Labute approximate surface area is 85.7 Å². The first-order chi connectivity index (χ1) is 6.90. The van der Waals surface area contributed by atoms with Gasteiger partial charge in [0.05, 0.1) is 0 Å². The first-order valence-corrected chi connectivity index (χ1v) is 5.75. The van der Waals surface area contributed by atoms with Gasteiger partial charge in [-0.3, -0.25) is 4.90 Å². The summed E-state index contributed by atoms with van der Waals surface area (Å²) >= 11 is 0. The molecule has 1 aliphatic carbocycles. The molecule has 1 aromatic rings. The summed E-state index contributed by atoms with van der Waals surface area (Å²) in [5, 5.41) is 0. The van der Waals surface area contributed by atoms with Crippen LogP contribution in [0, 0.1) is 0 Å². The molecule has 0 N–H and O–H groups in total. The lowest BCUT2D eigenvalue weighted by atomic mass is 9.93. The molecule has 0 radical (unpaired) electrons. The van der Waals surface area contributed by atoms with Crippen molar-refractivity contribution < 1.29 is 0 Å². The SMILES string of the molecule is CCN1CCc2cccc3c2C1CC3. The lowest BCUT2D eigenvalue weighted by molar-refractivity contribution is 0.196. The number of aryl methyl sites for hydroxylation is 1. The van der Waals surface area contributed by atoms with Crippen LogP contribution in [0.1, 0.15) is 36.1 Å². The third-order valence-electron chi connectivity index (χ3n) is 3.82. The molecule has 74 valence electrons. The first-order valence-electron chi connectivity index (χ1n) is 5.75. The van der Waals surface area contributed by atoms with Gasteiger partial charge in [0, 0.05) is 12.6 Å². The average Bonchev–Trinajstić information content (AvgIpc) is 2.66. The minimum absolute atomic E-state index is 0.750. The Hall–Kier alpha value is -0.820. The van der Waals surface area contributed by atoms with Crippen molar-refractivity contribution in [2.75, 3.05) is 13.1 Å². The fraction of sp³-hybridized carbons (Fsp3) is 0.538. The molecule has 1 nitrogen and oxygen atoms in total. The molecule has 0 aromatic heterocycles.